The maximum atomic E-state index is 5.25. The zero-order valence-corrected chi connectivity index (χ0v) is 37.0. The van der Waals surface area contributed by atoms with Gasteiger partial charge < -0.3 is 0 Å². The number of hydrogen-bond donors (Lipinski definition) is 0. The molecule has 10 aromatic rings. The molecule has 0 bridgehead atoms. The molecule has 9 aromatic carbocycles. The summed E-state index contributed by atoms with van der Waals surface area (Å²) in [7, 11) is 0. The molecule has 0 amide bonds. The van der Waals surface area contributed by atoms with Gasteiger partial charge in [0.05, 0.1) is 5.69 Å². The monoisotopic (exact) mass is 839 g/mol. The molecule has 2 aliphatic carbocycles. The predicted octanol–water partition coefficient (Wildman–Crippen LogP) is 16.9. The molecule has 0 saturated carbocycles. The lowest BCUT2D eigenvalue weighted by Crippen LogP contribution is -2.04. The lowest BCUT2D eigenvalue weighted by atomic mass is 9.78. The van der Waals surface area contributed by atoms with Gasteiger partial charge in [0.2, 0.25) is 0 Å². The Morgan fingerprint density at radius 3 is 1.26 bits per heavy atom. The van der Waals surface area contributed by atoms with Crippen molar-refractivity contribution >= 4 is 38.6 Å². The van der Waals surface area contributed by atoms with Crippen LogP contribution in [-0.2, 0) is 0 Å². The maximum absolute atomic E-state index is 5.25. The Kier molecular flexibility index (Phi) is 9.69. The van der Waals surface area contributed by atoms with Gasteiger partial charge in [0, 0.05) is 17.3 Å². The molecule has 0 unspecified atom stereocenters. The molecule has 12 rings (SSSR count). The van der Waals surface area contributed by atoms with E-state index in [-0.39, 0.29) is 0 Å². The van der Waals surface area contributed by atoms with Crippen LogP contribution < -0.4 is 0 Å². The molecular weight excluding hydrogens is 795 g/mol. The first-order valence-electron chi connectivity index (χ1n) is 22.9. The van der Waals surface area contributed by atoms with E-state index in [0.717, 1.165) is 16.8 Å². The topological polar surface area (TPSA) is 12.9 Å². The van der Waals surface area contributed by atoms with E-state index in [1.807, 2.05) is 0 Å². The Morgan fingerprint density at radius 1 is 0.258 bits per heavy atom. The minimum atomic E-state index is 0.955. The first kappa shape index (κ1) is 39.2. The van der Waals surface area contributed by atoms with Crippen LogP contribution in [0, 0.1) is 13.8 Å². The first-order chi connectivity index (χ1) is 32.7. The van der Waals surface area contributed by atoms with Crippen molar-refractivity contribution in [2.24, 2.45) is 0 Å². The van der Waals surface area contributed by atoms with Crippen molar-refractivity contribution in [3.05, 3.63) is 287 Å². The van der Waals surface area contributed by atoms with Crippen molar-refractivity contribution in [1.82, 2.24) is 4.98 Å². The van der Waals surface area contributed by atoms with Crippen LogP contribution in [0.4, 0.5) is 0 Å². The summed E-state index contributed by atoms with van der Waals surface area (Å²) in [5, 5.41) is 2.47. The van der Waals surface area contributed by atoms with Crippen LogP contribution in [-0.4, -0.2) is 4.98 Å². The summed E-state index contributed by atoms with van der Waals surface area (Å²) in [5.74, 6) is 0. The zero-order chi connectivity index (χ0) is 44.1. The van der Waals surface area contributed by atoms with Gasteiger partial charge in [-0.1, -0.05) is 224 Å². The highest BCUT2D eigenvalue weighted by Gasteiger charge is 2.43. The van der Waals surface area contributed by atoms with Crippen LogP contribution in [0.3, 0.4) is 0 Å². The largest absolute Gasteiger partial charge is 0.256 e. The Morgan fingerprint density at radius 2 is 0.697 bits per heavy atom. The van der Waals surface area contributed by atoms with Crippen molar-refractivity contribution < 1.29 is 0 Å². The van der Waals surface area contributed by atoms with E-state index >= 15 is 0 Å². The van der Waals surface area contributed by atoms with Gasteiger partial charge in [-0.25, -0.2) is 0 Å². The smallest absolute Gasteiger partial charge is 0.0702 e. The van der Waals surface area contributed by atoms with E-state index in [0.29, 0.717) is 0 Å². The molecule has 1 heteroatoms. The van der Waals surface area contributed by atoms with Crippen molar-refractivity contribution in [1.29, 1.82) is 0 Å². The average molecular weight is 840 g/mol. The van der Waals surface area contributed by atoms with Crippen molar-refractivity contribution in [2.45, 2.75) is 13.8 Å². The lowest BCUT2D eigenvalue weighted by molar-refractivity contribution is 1.29. The van der Waals surface area contributed by atoms with Crippen molar-refractivity contribution in [3.63, 3.8) is 0 Å². The third-order valence-electron chi connectivity index (χ3n) is 13.6. The molecule has 1 nitrogen and oxygen atoms in total. The number of pyridine rings is 1. The van der Waals surface area contributed by atoms with Gasteiger partial charge in [-0.05, 0) is 136 Å². The quantitative estimate of drug-likeness (QED) is 0.149. The third-order valence-corrected chi connectivity index (χ3v) is 13.6. The number of benzene rings is 9. The number of aromatic nitrogens is 1. The fourth-order valence-corrected chi connectivity index (χ4v) is 10.9. The van der Waals surface area contributed by atoms with E-state index in [1.54, 1.807) is 0 Å². The van der Waals surface area contributed by atoms with Gasteiger partial charge in [-0.15, -0.1) is 0 Å². The second kappa shape index (κ2) is 16.3. The minimum absolute atomic E-state index is 0.955. The summed E-state index contributed by atoms with van der Waals surface area (Å²) < 4.78 is 0. The molecule has 0 saturated heterocycles. The van der Waals surface area contributed by atoms with Crippen LogP contribution in [0.2, 0.25) is 0 Å². The standard InChI is InChI=1S/C65H45N/c1-42-56(46-26-10-4-11-27-46)57(47-28-12-5-13-29-47)43(2)59-58(42)62(50-39-40-55(66-41-50)45-24-8-3-9-25-45)65-61(49-32-16-7-17-33-49)60(48-30-14-6-15-31-48)63(64(59)65)54-37-21-20-36-53(54)52-38-22-34-44-23-18-19-35-51(44)52/h3-41H,1-2H3. The molecule has 0 atom stereocenters. The molecule has 66 heavy (non-hydrogen) atoms. The van der Waals surface area contributed by atoms with Gasteiger partial charge >= 0.3 is 0 Å². The highest BCUT2D eigenvalue weighted by atomic mass is 14.7. The number of nitrogens with zero attached hydrogens (tertiary/aromatic N) is 1. The van der Waals surface area contributed by atoms with Gasteiger partial charge in [0.25, 0.3) is 0 Å². The molecule has 0 radical (unpaired) electrons. The van der Waals surface area contributed by atoms with Crippen LogP contribution in [0.25, 0.3) is 83.3 Å². The summed E-state index contributed by atoms with van der Waals surface area (Å²) in [6.07, 6.45) is 2.12. The Hall–Kier alpha value is -8.39. The molecule has 0 aliphatic heterocycles. The Labute approximate surface area is 387 Å². The van der Waals surface area contributed by atoms with E-state index in [2.05, 4.69) is 251 Å². The number of rotatable bonds is 8. The molecule has 0 spiro atoms. The third kappa shape index (κ3) is 6.35. The average Bonchev–Trinajstić information content (AvgIpc) is 3.92. The first-order valence-corrected chi connectivity index (χ1v) is 22.9. The van der Waals surface area contributed by atoms with E-state index in [4.69, 9.17) is 4.98 Å². The van der Waals surface area contributed by atoms with E-state index in [9.17, 15) is 0 Å². The van der Waals surface area contributed by atoms with Gasteiger partial charge in [-0.3, -0.25) is 4.98 Å². The predicted molar refractivity (Wildman–Crippen MR) is 278 cm³/mol. The van der Waals surface area contributed by atoms with Crippen LogP contribution in [0.5, 0.6) is 0 Å². The van der Waals surface area contributed by atoms with E-state index in [1.165, 1.54) is 117 Å². The zero-order valence-electron chi connectivity index (χ0n) is 37.0. The lowest BCUT2D eigenvalue weighted by Gasteiger charge is -2.25. The van der Waals surface area contributed by atoms with Crippen LogP contribution in [0.1, 0.15) is 44.5 Å². The van der Waals surface area contributed by atoms with Crippen molar-refractivity contribution in [2.75, 3.05) is 0 Å². The minimum Gasteiger partial charge on any atom is -0.256 e. The summed E-state index contributed by atoms with van der Waals surface area (Å²) in [5.41, 5.74) is 26.6. The molecule has 2 aliphatic rings. The Balaban J connectivity index is 1.29. The number of allylic oxidation sites excluding steroid dienone is 5. The summed E-state index contributed by atoms with van der Waals surface area (Å²) >= 11 is 0. The Bertz CT molecular complexity index is 3570. The molecule has 0 N–H and O–H groups in total. The molecule has 0 fully saturated rings. The van der Waals surface area contributed by atoms with Gasteiger partial charge in [0.1, 0.15) is 0 Å². The van der Waals surface area contributed by atoms with Crippen LogP contribution >= 0.6 is 0 Å². The molecular formula is C65H45N. The fraction of sp³-hybridized carbons (Fsp3) is 0.0308. The summed E-state index contributed by atoms with van der Waals surface area (Å²) in [6.45, 7) is 4.73. The fourth-order valence-electron chi connectivity index (χ4n) is 10.9. The highest BCUT2D eigenvalue weighted by molar-refractivity contribution is 6.40. The van der Waals surface area contributed by atoms with E-state index < -0.39 is 0 Å². The molecule has 310 valence electrons. The normalized spacial score (nSPS) is 13.1. The van der Waals surface area contributed by atoms with Crippen LogP contribution in [0.15, 0.2) is 242 Å². The molecule has 1 aromatic heterocycles. The SMILES string of the molecule is Cc1c2c(c(C)c(-c3ccccc3)c1-c1ccccc1)C(c1ccc(-c3ccccc3)nc1)=C1C(c3ccccc3)=C(c3ccccc3)C(c3ccccc3-c3cccc4ccccc34)=C12. The second-order valence-electron chi connectivity index (χ2n) is 17.3. The number of fused-ring (bicyclic) bond motifs is 4. The van der Waals surface area contributed by atoms with Crippen molar-refractivity contribution in [3.8, 4) is 44.6 Å². The summed E-state index contributed by atoms with van der Waals surface area (Å²) in [6, 6.07) is 83.8. The molecule has 1 heterocycles. The van der Waals surface area contributed by atoms with Gasteiger partial charge in [-0.2, -0.15) is 0 Å². The highest BCUT2D eigenvalue weighted by Crippen LogP contribution is 2.64. The number of hydrogen-bond acceptors (Lipinski definition) is 1. The maximum Gasteiger partial charge on any atom is 0.0702 e. The summed E-state index contributed by atoms with van der Waals surface area (Å²) in [4.78, 5) is 5.25. The second-order valence-corrected chi connectivity index (χ2v) is 17.3. The van der Waals surface area contributed by atoms with Gasteiger partial charge in [0.15, 0.2) is 0 Å².